The molecule has 0 rings (SSSR count). The molecule has 0 spiro atoms. The van der Waals surface area contributed by atoms with Crippen LogP contribution in [0.5, 0.6) is 0 Å². The van der Waals surface area contributed by atoms with Crippen molar-refractivity contribution in [3.63, 3.8) is 0 Å². The van der Waals surface area contributed by atoms with E-state index in [9.17, 15) is 4.79 Å². The molecule has 0 aromatic rings. The molecule has 0 N–H and O–H groups in total. The molecule has 0 fully saturated rings. The van der Waals surface area contributed by atoms with Crippen LogP contribution < -0.4 is 0 Å². The monoisotopic (exact) mass is 246 g/mol. The summed E-state index contributed by atoms with van der Waals surface area (Å²) in [5.74, 6) is -0.383. The Morgan fingerprint density at radius 1 is 1.46 bits per heavy atom. The van der Waals surface area contributed by atoms with Crippen LogP contribution in [-0.2, 0) is 9.53 Å². The van der Waals surface area contributed by atoms with E-state index in [1.165, 1.54) is 6.26 Å². The van der Waals surface area contributed by atoms with Gasteiger partial charge in [-0.05, 0) is 12.3 Å². The summed E-state index contributed by atoms with van der Waals surface area (Å²) in [4.78, 5) is 11.3. The molecule has 74 valence electrons. The maximum absolute atomic E-state index is 11.3. The van der Waals surface area contributed by atoms with Crippen molar-refractivity contribution in [2.45, 2.75) is 27.7 Å². The number of rotatable bonds is 2. The molecule has 0 aromatic carbocycles. The first kappa shape index (κ1) is 12.4. The van der Waals surface area contributed by atoms with Crippen LogP contribution in [0, 0.1) is 5.41 Å². The van der Waals surface area contributed by atoms with Crippen LogP contribution in [0.15, 0.2) is 22.9 Å². The number of hydrogen-bond acceptors (Lipinski definition) is 2. The molecule has 0 aliphatic heterocycles. The molecule has 0 aliphatic rings. The van der Waals surface area contributed by atoms with E-state index in [0.29, 0.717) is 5.57 Å². The van der Waals surface area contributed by atoms with E-state index >= 15 is 0 Å². The lowest BCUT2D eigenvalue weighted by atomic mass is 9.88. The Morgan fingerprint density at radius 3 is 2.23 bits per heavy atom. The molecule has 0 saturated carbocycles. The highest BCUT2D eigenvalue weighted by atomic mass is 79.9. The summed E-state index contributed by atoms with van der Waals surface area (Å²) in [5, 5.41) is 0. The Bertz CT molecular complexity index is 242. The summed E-state index contributed by atoms with van der Waals surface area (Å²) in [7, 11) is 0. The molecule has 13 heavy (non-hydrogen) atoms. The highest BCUT2D eigenvalue weighted by Crippen LogP contribution is 2.24. The zero-order valence-electron chi connectivity index (χ0n) is 8.48. The number of carbonyl (C=O) groups is 1. The van der Waals surface area contributed by atoms with Gasteiger partial charge in [-0.15, -0.1) is 0 Å². The molecule has 0 amide bonds. The third kappa shape index (κ3) is 4.88. The van der Waals surface area contributed by atoms with E-state index in [-0.39, 0.29) is 11.4 Å². The second-order valence-corrected chi connectivity index (χ2v) is 5.09. The smallest absolute Gasteiger partial charge is 0.338 e. The average Bonchev–Trinajstić information content (AvgIpc) is 1.96. The fourth-order valence-electron chi connectivity index (χ4n) is 0.512. The van der Waals surface area contributed by atoms with Gasteiger partial charge in [-0.2, -0.15) is 0 Å². The molecule has 0 atom stereocenters. The largest absolute Gasteiger partial charge is 0.430 e. The van der Waals surface area contributed by atoms with Crippen LogP contribution in [0.4, 0.5) is 0 Å². The molecule has 0 heterocycles. The Kier molecular flexibility index (Phi) is 4.40. The molecular weight excluding hydrogens is 232 g/mol. The van der Waals surface area contributed by atoms with Gasteiger partial charge in [0.05, 0.1) is 0 Å². The van der Waals surface area contributed by atoms with Gasteiger partial charge in [0.2, 0.25) is 0 Å². The van der Waals surface area contributed by atoms with Gasteiger partial charge in [0, 0.05) is 10.1 Å². The molecule has 3 heteroatoms. The summed E-state index contributed by atoms with van der Waals surface area (Å²) in [6, 6.07) is 0. The molecule has 0 bridgehead atoms. The first-order chi connectivity index (χ1) is 5.75. The van der Waals surface area contributed by atoms with Crippen LogP contribution in [0.1, 0.15) is 27.7 Å². The van der Waals surface area contributed by atoms with Crippen molar-refractivity contribution in [2.24, 2.45) is 5.41 Å². The van der Waals surface area contributed by atoms with Gasteiger partial charge in [0.1, 0.15) is 6.26 Å². The standard InChI is InChI=1S/C10H15BrO2/c1-7(11)6-13-9(12)8(2)10(3,4)5/h6H,2H2,1,3-5H3. The molecule has 2 nitrogen and oxygen atoms in total. The minimum Gasteiger partial charge on any atom is -0.430 e. The molecule has 0 saturated heterocycles. The molecule has 0 radical (unpaired) electrons. The van der Waals surface area contributed by atoms with E-state index in [1.54, 1.807) is 6.92 Å². The van der Waals surface area contributed by atoms with Crippen LogP contribution in [0.25, 0.3) is 0 Å². The predicted octanol–water partition coefficient (Wildman–Crippen LogP) is 3.39. The maximum atomic E-state index is 11.3. The summed E-state index contributed by atoms with van der Waals surface area (Å²) < 4.78 is 5.61. The molecule has 0 aromatic heterocycles. The zero-order chi connectivity index (χ0) is 10.6. The van der Waals surface area contributed by atoms with Gasteiger partial charge < -0.3 is 4.74 Å². The lowest BCUT2D eigenvalue weighted by Crippen LogP contribution is -2.17. The van der Waals surface area contributed by atoms with E-state index in [0.717, 1.165) is 4.48 Å². The number of ether oxygens (including phenoxy) is 1. The Balaban J connectivity index is 4.31. The number of carbonyl (C=O) groups excluding carboxylic acids is 1. The Labute approximate surface area is 87.8 Å². The van der Waals surface area contributed by atoms with Crippen molar-refractivity contribution < 1.29 is 9.53 Å². The molecule has 0 unspecified atom stereocenters. The molecule has 0 aliphatic carbocycles. The van der Waals surface area contributed by atoms with Crippen molar-refractivity contribution in [3.8, 4) is 0 Å². The minimum absolute atomic E-state index is 0.245. The average molecular weight is 247 g/mol. The van der Waals surface area contributed by atoms with Gasteiger partial charge in [-0.1, -0.05) is 43.3 Å². The predicted molar refractivity (Wildman–Crippen MR) is 57.4 cm³/mol. The van der Waals surface area contributed by atoms with Crippen molar-refractivity contribution in [2.75, 3.05) is 0 Å². The lowest BCUT2D eigenvalue weighted by molar-refractivity contribution is -0.134. The Morgan fingerprint density at radius 2 is 1.92 bits per heavy atom. The summed E-state index contributed by atoms with van der Waals surface area (Å²) in [6.45, 7) is 11.2. The first-order valence-corrected chi connectivity index (χ1v) is 4.77. The fourth-order valence-corrected chi connectivity index (χ4v) is 0.605. The quantitative estimate of drug-likeness (QED) is 0.424. The SMILES string of the molecule is C=C(C(=O)OC=C(C)Br)C(C)(C)C. The van der Waals surface area contributed by atoms with Crippen LogP contribution in [-0.4, -0.2) is 5.97 Å². The third-order valence-electron chi connectivity index (χ3n) is 1.48. The van der Waals surface area contributed by atoms with E-state index in [2.05, 4.69) is 22.5 Å². The Hall–Kier alpha value is -0.570. The van der Waals surface area contributed by atoms with Gasteiger partial charge in [-0.25, -0.2) is 4.79 Å². The zero-order valence-corrected chi connectivity index (χ0v) is 10.1. The normalized spacial score (nSPS) is 12.5. The maximum Gasteiger partial charge on any atom is 0.338 e. The molecular formula is C10H15BrO2. The second kappa shape index (κ2) is 4.61. The summed E-state index contributed by atoms with van der Waals surface area (Å²) in [5.41, 5.74) is 0.225. The van der Waals surface area contributed by atoms with Crippen molar-refractivity contribution >= 4 is 21.9 Å². The number of halogens is 1. The van der Waals surface area contributed by atoms with Gasteiger partial charge >= 0.3 is 5.97 Å². The first-order valence-electron chi connectivity index (χ1n) is 3.98. The van der Waals surface area contributed by atoms with Gasteiger partial charge in [0.15, 0.2) is 0 Å². The number of hydrogen-bond donors (Lipinski definition) is 0. The third-order valence-corrected chi connectivity index (χ3v) is 1.67. The highest BCUT2D eigenvalue weighted by Gasteiger charge is 2.22. The van der Waals surface area contributed by atoms with Crippen LogP contribution in [0.2, 0.25) is 0 Å². The van der Waals surface area contributed by atoms with Crippen LogP contribution in [0.3, 0.4) is 0 Å². The van der Waals surface area contributed by atoms with Crippen molar-refractivity contribution in [1.82, 2.24) is 0 Å². The lowest BCUT2D eigenvalue weighted by Gasteiger charge is -2.18. The van der Waals surface area contributed by atoms with Crippen molar-refractivity contribution in [3.05, 3.63) is 22.9 Å². The van der Waals surface area contributed by atoms with Crippen molar-refractivity contribution in [1.29, 1.82) is 0 Å². The summed E-state index contributed by atoms with van der Waals surface area (Å²) in [6.07, 6.45) is 1.36. The highest BCUT2D eigenvalue weighted by molar-refractivity contribution is 9.11. The van der Waals surface area contributed by atoms with E-state index < -0.39 is 0 Å². The summed E-state index contributed by atoms with van der Waals surface area (Å²) >= 11 is 3.16. The van der Waals surface area contributed by atoms with Crippen LogP contribution >= 0.6 is 15.9 Å². The van der Waals surface area contributed by atoms with E-state index in [1.807, 2.05) is 20.8 Å². The second-order valence-electron chi connectivity index (χ2n) is 3.84. The number of esters is 1. The van der Waals surface area contributed by atoms with Gasteiger partial charge in [-0.3, -0.25) is 0 Å². The minimum atomic E-state index is -0.383. The number of allylic oxidation sites excluding steroid dienone is 1. The van der Waals surface area contributed by atoms with E-state index in [4.69, 9.17) is 4.74 Å². The topological polar surface area (TPSA) is 26.3 Å². The fraction of sp³-hybridized carbons (Fsp3) is 0.500. The van der Waals surface area contributed by atoms with Gasteiger partial charge in [0.25, 0.3) is 0 Å².